The Bertz CT molecular complexity index is 1160. The summed E-state index contributed by atoms with van der Waals surface area (Å²) in [6, 6.07) is 6.84. The molecule has 1 unspecified atom stereocenters. The third-order valence-electron chi connectivity index (χ3n) is 5.06. The molecule has 4 N–H and O–H groups in total. The summed E-state index contributed by atoms with van der Waals surface area (Å²) >= 11 is 0. The van der Waals surface area contributed by atoms with Gasteiger partial charge in [0.2, 0.25) is 11.8 Å². The van der Waals surface area contributed by atoms with Gasteiger partial charge in [-0.3, -0.25) is 14.9 Å². The van der Waals surface area contributed by atoms with Crippen LogP contribution in [0.25, 0.3) is 0 Å². The van der Waals surface area contributed by atoms with Crippen LogP contribution in [0.4, 0.5) is 17.6 Å². The Morgan fingerprint density at radius 2 is 1.63 bits per heavy atom. The lowest BCUT2D eigenvalue weighted by atomic mass is 10.0. The summed E-state index contributed by atoms with van der Waals surface area (Å²) in [4.78, 5) is 29.4. The molecule has 9 nitrogen and oxygen atoms in total. The maximum atomic E-state index is 13.6. The third-order valence-corrected chi connectivity index (χ3v) is 5.06. The number of aliphatic imine (C=N–C) groups is 1. The quantitative estimate of drug-likeness (QED) is 0.227. The second-order valence-corrected chi connectivity index (χ2v) is 8.60. The Hall–Kier alpha value is -4.03. The van der Waals surface area contributed by atoms with E-state index in [1.807, 2.05) is 13.8 Å². The number of amides is 2. The average Bonchev–Trinajstić information content (AvgIpc) is 2.82. The second-order valence-electron chi connectivity index (χ2n) is 8.60. The number of nitrogens with zero attached hydrogens (tertiary/aromatic N) is 1. The minimum absolute atomic E-state index is 0.0161. The normalized spacial score (nSPS) is 12.6. The fourth-order valence-corrected chi connectivity index (χ4v) is 3.40. The van der Waals surface area contributed by atoms with E-state index >= 15 is 0 Å². The van der Waals surface area contributed by atoms with Gasteiger partial charge >= 0.3 is 6.36 Å². The molecule has 0 bridgehead atoms. The molecule has 2 rings (SSSR count). The van der Waals surface area contributed by atoms with Gasteiger partial charge in [0.25, 0.3) is 0 Å². The van der Waals surface area contributed by atoms with Crippen molar-refractivity contribution >= 4 is 17.8 Å². The zero-order valence-electron chi connectivity index (χ0n) is 21.3. The molecule has 0 aromatic heterocycles. The van der Waals surface area contributed by atoms with Gasteiger partial charge in [0.05, 0.1) is 20.6 Å². The van der Waals surface area contributed by atoms with E-state index in [1.165, 1.54) is 20.3 Å². The predicted octanol–water partition coefficient (Wildman–Crippen LogP) is 3.45. The fourth-order valence-electron chi connectivity index (χ4n) is 3.40. The molecule has 0 radical (unpaired) electrons. The van der Waals surface area contributed by atoms with Gasteiger partial charge in [-0.15, -0.1) is 13.2 Å². The van der Waals surface area contributed by atoms with E-state index in [2.05, 4.69) is 20.4 Å². The molecule has 13 heteroatoms. The number of halogens is 4. The van der Waals surface area contributed by atoms with Crippen molar-refractivity contribution < 1.29 is 41.4 Å². The first-order valence-electron chi connectivity index (χ1n) is 11.5. The van der Waals surface area contributed by atoms with Crippen LogP contribution in [0, 0.1) is 11.7 Å². The zero-order valence-corrected chi connectivity index (χ0v) is 21.3. The summed E-state index contributed by atoms with van der Waals surface area (Å²) < 4.78 is 65.1. The largest absolute Gasteiger partial charge is 0.573 e. The fraction of sp³-hybridized carbons (Fsp3) is 0.400. The van der Waals surface area contributed by atoms with Crippen molar-refractivity contribution in [2.45, 2.75) is 45.6 Å². The first-order chi connectivity index (χ1) is 17.8. The van der Waals surface area contributed by atoms with Crippen molar-refractivity contribution in [2.75, 3.05) is 14.2 Å². The molecule has 2 aromatic rings. The maximum absolute atomic E-state index is 13.6. The Morgan fingerprint density at radius 3 is 2.24 bits per heavy atom. The number of carbonyl (C=O) groups excluding carboxylic acids is 2. The highest BCUT2D eigenvalue weighted by atomic mass is 19.4. The van der Waals surface area contributed by atoms with Crippen molar-refractivity contribution in [3.05, 3.63) is 53.3 Å². The average molecular weight is 543 g/mol. The Balaban J connectivity index is 2.06. The first kappa shape index (κ1) is 30.2. The number of nitrogens with two attached hydrogens (primary N) is 1. The highest BCUT2D eigenvalue weighted by Gasteiger charge is 2.32. The predicted molar refractivity (Wildman–Crippen MR) is 131 cm³/mol. The van der Waals surface area contributed by atoms with E-state index < -0.39 is 35.8 Å². The van der Waals surface area contributed by atoms with Gasteiger partial charge in [-0.05, 0) is 47.7 Å². The van der Waals surface area contributed by atoms with E-state index in [9.17, 15) is 27.2 Å². The van der Waals surface area contributed by atoms with Crippen LogP contribution in [0.2, 0.25) is 0 Å². The molecule has 0 aliphatic carbocycles. The van der Waals surface area contributed by atoms with Crippen LogP contribution in [0.15, 0.2) is 41.4 Å². The van der Waals surface area contributed by atoms with E-state index in [-0.39, 0.29) is 36.8 Å². The lowest BCUT2D eigenvalue weighted by Gasteiger charge is -2.17. The third kappa shape index (κ3) is 9.79. The highest BCUT2D eigenvalue weighted by Crippen LogP contribution is 2.28. The Labute approximate surface area is 217 Å². The molecule has 2 aromatic carbocycles. The molecule has 0 saturated carbocycles. The number of guanidine groups is 1. The molecule has 1 atom stereocenters. The molecule has 2 amide bonds. The summed E-state index contributed by atoms with van der Waals surface area (Å²) in [5.41, 5.74) is 6.67. The van der Waals surface area contributed by atoms with Gasteiger partial charge < -0.3 is 25.3 Å². The van der Waals surface area contributed by atoms with Crippen LogP contribution in [0.3, 0.4) is 0 Å². The molecule has 0 fully saturated rings. The summed E-state index contributed by atoms with van der Waals surface area (Å²) in [6.07, 6.45) is -4.85. The zero-order chi connectivity index (χ0) is 28.5. The van der Waals surface area contributed by atoms with Crippen molar-refractivity contribution in [1.29, 1.82) is 0 Å². The minimum atomic E-state index is -5.07. The van der Waals surface area contributed by atoms with E-state index in [0.717, 1.165) is 12.1 Å². The van der Waals surface area contributed by atoms with Crippen LogP contribution in [-0.4, -0.2) is 44.4 Å². The number of nitrogens with one attached hydrogen (secondary N) is 2. The van der Waals surface area contributed by atoms with E-state index in [1.54, 1.807) is 18.2 Å². The maximum Gasteiger partial charge on any atom is 0.573 e. The molecule has 0 aliphatic rings. The first-order valence-corrected chi connectivity index (χ1v) is 11.5. The molecule has 208 valence electrons. The summed E-state index contributed by atoms with van der Waals surface area (Å²) in [5.74, 6) is -2.58. The standard InChI is InChI=1S/C25H30F4N4O5/c1-14(2)9-18(23(35)31-13-16-5-7-17(26)20(11-16)38-25(27,28)29)32-24(30)33-22(34)12-15-6-8-19(36-3)21(10-15)37-4/h5-8,10-11,14,18H,9,12-13H2,1-4H3,(H,31,35)(H3,30,32,33,34). The van der Waals surface area contributed by atoms with Crippen molar-refractivity contribution in [3.8, 4) is 17.2 Å². The number of hydrogen-bond donors (Lipinski definition) is 3. The molecular formula is C25H30F4N4O5. The second kappa shape index (κ2) is 13.5. The number of rotatable bonds is 11. The molecular weight excluding hydrogens is 512 g/mol. The van der Waals surface area contributed by atoms with Crippen molar-refractivity contribution in [1.82, 2.24) is 10.6 Å². The minimum Gasteiger partial charge on any atom is -0.493 e. The number of carbonyl (C=O) groups is 2. The van der Waals surface area contributed by atoms with Gasteiger partial charge in [0, 0.05) is 6.54 Å². The monoisotopic (exact) mass is 542 g/mol. The molecule has 0 heterocycles. The van der Waals surface area contributed by atoms with Crippen LogP contribution in [0.1, 0.15) is 31.4 Å². The topological polar surface area (TPSA) is 124 Å². The summed E-state index contributed by atoms with van der Waals surface area (Å²) in [5, 5.41) is 4.97. The van der Waals surface area contributed by atoms with Crippen LogP contribution in [0.5, 0.6) is 17.2 Å². The van der Waals surface area contributed by atoms with Crippen LogP contribution in [-0.2, 0) is 22.6 Å². The lowest BCUT2D eigenvalue weighted by molar-refractivity contribution is -0.275. The van der Waals surface area contributed by atoms with Gasteiger partial charge in [-0.25, -0.2) is 9.38 Å². The highest BCUT2D eigenvalue weighted by molar-refractivity contribution is 5.98. The number of alkyl halides is 3. The van der Waals surface area contributed by atoms with Gasteiger partial charge in [-0.1, -0.05) is 26.0 Å². The van der Waals surface area contributed by atoms with Gasteiger partial charge in [0.15, 0.2) is 29.0 Å². The number of methoxy groups -OCH3 is 2. The molecule has 0 aliphatic heterocycles. The smallest absolute Gasteiger partial charge is 0.493 e. The van der Waals surface area contributed by atoms with Crippen LogP contribution >= 0.6 is 0 Å². The Morgan fingerprint density at radius 1 is 1.00 bits per heavy atom. The van der Waals surface area contributed by atoms with E-state index in [4.69, 9.17) is 15.2 Å². The van der Waals surface area contributed by atoms with Crippen molar-refractivity contribution in [3.63, 3.8) is 0 Å². The van der Waals surface area contributed by atoms with Gasteiger partial charge in [-0.2, -0.15) is 0 Å². The van der Waals surface area contributed by atoms with Crippen molar-refractivity contribution in [2.24, 2.45) is 16.6 Å². The Kier molecular flexibility index (Phi) is 10.7. The molecule has 0 saturated heterocycles. The summed E-state index contributed by atoms with van der Waals surface area (Å²) in [6.45, 7) is 3.48. The number of hydrogen-bond acceptors (Lipinski definition) is 6. The lowest BCUT2D eigenvalue weighted by Crippen LogP contribution is -2.41. The molecule has 0 spiro atoms. The number of ether oxygens (including phenoxy) is 3. The molecule has 38 heavy (non-hydrogen) atoms. The van der Waals surface area contributed by atoms with Crippen LogP contribution < -0.4 is 30.6 Å². The SMILES string of the molecule is COc1ccc(CC(=O)NC(N)=NC(CC(C)C)C(=O)NCc2ccc(F)c(OC(F)(F)F)c2)cc1OC. The van der Waals surface area contributed by atoms with E-state index in [0.29, 0.717) is 17.1 Å². The number of benzene rings is 2. The summed E-state index contributed by atoms with van der Waals surface area (Å²) in [7, 11) is 2.96. The van der Waals surface area contributed by atoms with Gasteiger partial charge in [0.1, 0.15) is 6.04 Å².